The van der Waals surface area contributed by atoms with Crippen LogP contribution in [0.15, 0.2) is 30.3 Å². The lowest BCUT2D eigenvalue weighted by Gasteiger charge is -2.30. The molecule has 1 saturated heterocycles. The van der Waals surface area contributed by atoms with E-state index >= 15 is 0 Å². The van der Waals surface area contributed by atoms with Crippen LogP contribution in [0.4, 0.5) is 0 Å². The Morgan fingerprint density at radius 3 is 2.80 bits per heavy atom. The molecule has 1 aliphatic rings. The van der Waals surface area contributed by atoms with Crippen molar-refractivity contribution in [1.29, 1.82) is 0 Å². The fourth-order valence-corrected chi connectivity index (χ4v) is 3.03. The summed E-state index contributed by atoms with van der Waals surface area (Å²) in [5, 5.41) is 0. The lowest BCUT2D eigenvalue weighted by molar-refractivity contribution is -0.129. The fraction of sp³-hybridized carbons (Fsp3) is 0.562. The Kier molecular flexibility index (Phi) is 5.86. The normalized spacial score (nSPS) is 18.8. The van der Waals surface area contributed by atoms with Gasteiger partial charge in [0.05, 0.1) is 0 Å². The number of likely N-dealkylation sites (tertiary alicyclic amines) is 1. The first kappa shape index (κ1) is 15.3. The van der Waals surface area contributed by atoms with Crippen molar-refractivity contribution in [2.45, 2.75) is 32.4 Å². The van der Waals surface area contributed by atoms with E-state index in [1.54, 1.807) is 0 Å². The van der Waals surface area contributed by atoms with Crippen LogP contribution < -0.4 is 0 Å². The van der Waals surface area contributed by atoms with Gasteiger partial charge in [0.2, 0.25) is 5.91 Å². The molecule has 1 heterocycles. The third-order valence-electron chi connectivity index (χ3n) is 3.98. The second-order valence-electron chi connectivity index (χ2n) is 5.33. The fourth-order valence-electron chi connectivity index (χ4n) is 2.88. The summed E-state index contributed by atoms with van der Waals surface area (Å²) in [4.78, 5) is 16.2. The molecule has 1 amide bonds. The number of alkyl halides is 1. The molecule has 0 spiro atoms. The Labute approximate surface area is 126 Å². The highest BCUT2D eigenvalue weighted by atomic mass is 35.5. The first-order valence-electron chi connectivity index (χ1n) is 7.36. The molecule has 0 bridgehead atoms. The third-order valence-corrected chi connectivity index (χ3v) is 4.21. The van der Waals surface area contributed by atoms with Gasteiger partial charge in [-0.2, -0.15) is 0 Å². The molecule has 1 fully saturated rings. The van der Waals surface area contributed by atoms with Crippen LogP contribution in [0.25, 0.3) is 0 Å². The topological polar surface area (TPSA) is 23.6 Å². The van der Waals surface area contributed by atoms with E-state index in [9.17, 15) is 4.79 Å². The smallest absolute Gasteiger partial charge is 0.237 e. The summed E-state index contributed by atoms with van der Waals surface area (Å²) in [5.41, 5.74) is 1.32. The van der Waals surface area contributed by atoms with Crippen molar-refractivity contribution in [1.82, 2.24) is 9.80 Å². The molecule has 1 atom stereocenters. The predicted octanol–water partition coefficient (Wildman–Crippen LogP) is 2.74. The molecule has 0 N–H and O–H groups in total. The molecule has 0 aromatic heterocycles. The number of benzene rings is 1. The number of rotatable bonds is 6. The number of carbonyl (C=O) groups excluding carboxylic acids is 1. The van der Waals surface area contributed by atoms with E-state index < -0.39 is 0 Å². The number of amides is 1. The first-order valence-corrected chi connectivity index (χ1v) is 7.89. The Hall–Kier alpha value is -1.06. The molecule has 2 rings (SSSR count). The maximum Gasteiger partial charge on any atom is 0.237 e. The Morgan fingerprint density at radius 2 is 2.15 bits per heavy atom. The molecule has 110 valence electrons. The van der Waals surface area contributed by atoms with Gasteiger partial charge in [0.15, 0.2) is 0 Å². The highest BCUT2D eigenvalue weighted by Gasteiger charge is 2.29. The molecule has 20 heavy (non-hydrogen) atoms. The van der Waals surface area contributed by atoms with Crippen LogP contribution in [0.5, 0.6) is 0 Å². The molecule has 4 heteroatoms. The zero-order valence-electron chi connectivity index (χ0n) is 12.1. The predicted molar refractivity (Wildman–Crippen MR) is 82.8 cm³/mol. The zero-order valence-corrected chi connectivity index (χ0v) is 12.9. The second-order valence-corrected chi connectivity index (χ2v) is 5.60. The van der Waals surface area contributed by atoms with E-state index in [1.807, 2.05) is 11.0 Å². The summed E-state index contributed by atoms with van der Waals surface area (Å²) in [6.07, 6.45) is 2.18. The van der Waals surface area contributed by atoms with E-state index in [4.69, 9.17) is 11.6 Å². The van der Waals surface area contributed by atoms with Crippen LogP contribution in [0.1, 0.15) is 25.3 Å². The van der Waals surface area contributed by atoms with Gasteiger partial charge in [-0.3, -0.25) is 9.69 Å². The zero-order chi connectivity index (χ0) is 14.4. The van der Waals surface area contributed by atoms with Crippen molar-refractivity contribution in [2.75, 3.05) is 25.5 Å². The van der Waals surface area contributed by atoms with Crippen LogP contribution in [0.2, 0.25) is 0 Å². The second kappa shape index (κ2) is 7.65. The molecular weight excluding hydrogens is 272 g/mol. The van der Waals surface area contributed by atoms with E-state index in [1.165, 1.54) is 5.56 Å². The lowest BCUT2D eigenvalue weighted by atomic mass is 10.1. The minimum atomic E-state index is 0.0740. The van der Waals surface area contributed by atoms with Gasteiger partial charge >= 0.3 is 0 Å². The monoisotopic (exact) mass is 294 g/mol. The van der Waals surface area contributed by atoms with E-state index in [0.717, 1.165) is 39.0 Å². The van der Waals surface area contributed by atoms with Crippen LogP contribution in [-0.4, -0.2) is 47.3 Å². The molecule has 0 aliphatic carbocycles. The van der Waals surface area contributed by atoms with Gasteiger partial charge < -0.3 is 4.90 Å². The van der Waals surface area contributed by atoms with Gasteiger partial charge in [0.25, 0.3) is 0 Å². The van der Waals surface area contributed by atoms with Gasteiger partial charge in [-0.25, -0.2) is 0 Å². The quantitative estimate of drug-likeness (QED) is 0.753. The summed E-state index contributed by atoms with van der Waals surface area (Å²) in [6, 6.07) is 10.8. The van der Waals surface area contributed by atoms with Gasteiger partial charge in [0.1, 0.15) is 5.88 Å². The summed E-state index contributed by atoms with van der Waals surface area (Å²) in [6.45, 7) is 5.91. The molecule has 1 unspecified atom stereocenters. The first-order chi connectivity index (χ1) is 9.74. The van der Waals surface area contributed by atoms with Gasteiger partial charge in [-0.15, -0.1) is 11.6 Å². The number of halogens is 1. The van der Waals surface area contributed by atoms with Crippen LogP contribution in [-0.2, 0) is 11.3 Å². The van der Waals surface area contributed by atoms with Crippen LogP contribution in [0.3, 0.4) is 0 Å². The summed E-state index contributed by atoms with van der Waals surface area (Å²) >= 11 is 5.69. The molecule has 0 saturated carbocycles. The minimum Gasteiger partial charge on any atom is -0.337 e. The third kappa shape index (κ3) is 3.97. The molecule has 1 aliphatic heterocycles. The maximum atomic E-state index is 11.8. The summed E-state index contributed by atoms with van der Waals surface area (Å²) in [7, 11) is 0. The number of likely N-dealkylation sites (N-methyl/N-ethyl adjacent to an activating group) is 1. The Balaban J connectivity index is 1.94. The molecule has 3 nitrogen and oxygen atoms in total. The number of nitrogens with zero attached hydrogens (tertiary/aromatic N) is 2. The van der Waals surface area contributed by atoms with E-state index in [0.29, 0.717) is 6.04 Å². The van der Waals surface area contributed by atoms with E-state index in [-0.39, 0.29) is 11.8 Å². The van der Waals surface area contributed by atoms with Crippen molar-refractivity contribution in [3.63, 3.8) is 0 Å². The van der Waals surface area contributed by atoms with Crippen molar-refractivity contribution in [3.05, 3.63) is 35.9 Å². The highest BCUT2D eigenvalue weighted by molar-refractivity contribution is 6.27. The standard InChI is InChI=1S/C16H23ClN2O/c1-2-18(12-14-7-4-3-5-8-14)13-15-9-6-10-19(15)16(20)11-17/h3-5,7-8,15H,2,6,9-13H2,1H3. The molecule has 0 radical (unpaired) electrons. The van der Waals surface area contributed by atoms with E-state index in [2.05, 4.69) is 36.1 Å². The van der Waals surface area contributed by atoms with Gasteiger partial charge in [-0.05, 0) is 24.9 Å². The number of hydrogen-bond donors (Lipinski definition) is 0. The van der Waals surface area contributed by atoms with Crippen molar-refractivity contribution < 1.29 is 4.79 Å². The molecule has 1 aromatic rings. The minimum absolute atomic E-state index is 0.0740. The van der Waals surface area contributed by atoms with Crippen molar-refractivity contribution in [3.8, 4) is 0 Å². The van der Waals surface area contributed by atoms with Gasteiger partial charge in [-0.1, -0.05) is 37.3 Å². The summed E-state index contributed by atoms with van der Waals surface area (Å²) < 4.78 is 0. The Morgan fingerprint density at radius 1 is 1.40 bits per heavy atom. The van der Waals surface area contributed by atoms with Crippen LogP contribution in [0, 0.1) is 0 Å². The van der Waals surface area contributed by atoms with Crippen LogP contribution >= 0.6 is 11.6 Å². The SMILES string of the molecule is CCN(Cc1ccccc1)CC1CCCN1C(=O)CCl. The Bertz CT molecular complexity index is 424. The average Bonchev–Trinajstić information content (AvgIpc) is 2.95. The molecule has 1 aromatic carbocycles. The largest absolute Gasteiger partial charge is 0.337 e. The van der Waals surface area contributed by atoms with Gasteiger partial charge in [0, 0.05) is 25.7 Å². The average molecular weight is 295 g/mol. The highest BCUT2D eigenvalue weighted by Crippen LogP contribution is 2.19. The van der Waals surface area contributed by atoms with Crippen molar-refractivity contribution >= 4 is 17.5 Å². The maximum absolute atomic E-state index is 11.8. The molecular formula is C16H23ClN2O. The number of hydrogen-bond acceptors (Lipinski definition) is 2. The number of carbonyl (C=O) groups is 1. The summed E-state index contributed by atoms with van der Waals surface area (Å²) in [5.74, 6) is 0.173. The van der Waals surface area contributed by atoms with Crippen molar-refractivity contribution in [2.24, 2.45) is 0 Å². The lowest BCUT2D eigenvalue weighted by Crippen LogP contribution is -2.43.